The first kappa shape index (κ1) is 31.9. The van der Waals surface area contributed by atoms with E-state index in [1.54, 1.807) is 18.2 Å². The second-order valence-electron chi connectivity index (χ2n) is 9.81. The number of fused-ring (bicyclic) bond motifs is 1. The molecule has 0 bridgehead atoms. The number of aromatic nitrogens is 1. The van der Waals surface area contributed by atoms with E-state index in [1.165, 1.54) is 5.56 Å². The van der Waals surface area contributed by atoms with Gasteiger partial charge in [0.25, 0.3) is 0 Å². The van der Waals surface area contributed by atoms with Gasteiger partial charge in [0.1, 0.15) is 0 Å². The fraction of sp³-hybridized carbons (Fsp3) is 0.300. The molecule has 1 unspecified atom stereocenters. The summed E-state index contributed by atoms with van der Waals surface area (Å²) >= 11 is 12.3. The normalized spacial score (nSPS) is 13.0. The lowest BCUT2D eigenvalue weighted by molar-refractivity contribution is -0.143. The third-order valence-electron chi connectivity index (χ3n) is 6.80. The number of hydrogen-bond acceptors (Lipinski definition) is 3. The summed E-state index contributed by atoms with van der Waals surface area (Å²) < 4.78 is 84.6. The lowest BCUT2D eigenvalue weighted by Crippen LogP contribution is -2.25. The van der Waals surface area contributed by atoms with Gasteiger partial charge in [0.05, 0.1) is 34.4 Å². The van der Waals surface area contributed by atoms with Gasteiger partial charge in [-0.15, -0.1) is 0 Å². The second kappa shape index (κ2) is 13.5. The monoisotopic (exact) mass is 629 g/mol. The zero-order valence-electron chi connectivity index (χ0n) is 22.1. The van der Waals surface area contributed by atoms with Crippen molar-refractivity contribution in [2.45, 2.75) is 37.7 Å². The summed E-state index contributed by atoms with van der Waals surface area (Å²) in [4.78, 5) is 3.24. The van der Waals surface area contributed by atoms with Gasteiger partial charge in [0, 0.05) is 28.7 Å². The summed E-state index contributed by atoms with van der Waals surface area (Å²) in [5.41, 5.74) is -0.125. The first-order valence-electron chi connectivity index (χ1n) is 13.0. The van der Waals surface area contributed by atoms with Crippen LogP contribution in [0.5, 0.6) is 0 Å². The number of H-pyrrole nitrogens is 1. The van der Waals surface area contributed by atoms with E-state index in [4.69, 9.17) is 33.3 Å². The van der Waals surface area contributed by atoms with Crippen LogP contribution in [0.2, 0.25) is 10.0 Å². The molecule has 0 saturated carbocycles. The fourth-order valence-electron chi connectivity index (χ4n) is 4.69. The van der Waals surface area contributed by atoms with Crippen molar-refractivity contribution in [1.82, 2.24) is 10.3 Å². The van der Waals surface area contributed by atoms with Gasteiger partial charge < -0.3 is 20.4 Å². The van der Waals surface area contributed by atoms with Crippen molar-refractivity contribution < 1.29 is 31.1 Å². The van der Waals surface area contributed by atoms with Gasteiger partial charge >= 0.3 is 12.4 Å². The summed E-state index contributed by atoms with van der Waals surface area (Å²) in [5.74, 6) is -0.479. The minimum Gasteiger partial charge on any atom is -0.371 e. The van der Waals surface area contributed by atoms with Gasteiger partial charge in [0.15, 0.2) is 0 Å². The molecule has 4 rings (SSSR count). The lowest BCUT2D eigenvalue weighted by atomic mass is 9.91. The molecule has 3 N–H and O–H groups in total. The Hall–Kier alpha value is -3.05. The molecular formula is C30H27Cl2F6N3O. The van der Waals surface area contributed by atoms with E-state index < -0.39 is 36.0 Å². The van der Waals surface area contributed by atoms with Crippen LogP contribution >= 0.6 is 23.2 Å². The van der Waals surface area contributed by atoms with Crippen LogP contribution in [0.25, 0.3) is 10.9 Å². The zero-order chi connectivity index (χ0) is 30.5. The largest absolute Gasteiger partial charge is 0.416 e. The Bertz CT molecular complexity index is 1500. The van der Waals surface area contributed by atoms with E-state index >= 15 is 0 Å². The molecule has 0 aliphatic heterocycles. The first-order chi connectivity index (χ1) is 19.8. The first-order valence-corrected chi connectivity index (χ1v) is 13.7. The maximum Gasteiger partial charge on any atom is 0.416 e. The summed E-state index contributed by atoms with van der Waals surface area (Å²) in [7, 11) is 0. The molecule has 1 aromatic heterocycles. The molecule has 1 atom stereocenters. The number of para-hydroxylation sites is 1. The number of benzene rings is 3. The number of halogens is 8. The Labute approximate surface area is 248 Å². The van der Waals surface area contributed by atoms with Gasteiger partial charge in [-0.2, -0.15) is 26.3 Å². The van der Waals surface area contributed by atoms with Crippen LogP contribution in [0.1, 0.15) is 40.2 Å². The second-order valence-corrected chi connectivity index (χ2v) is 10.6. The van der Waals surface area contributed by atoms with Crippen LogP contribution in [0, 0.1) is 5.41 Å². The van der Waals surface area contributed by atoms with Crippen LogP contribution in [0.3, 0.4) is 0 Å². The number of aromatic amines is 1. The van der Waals surface area contributed by atoms with Crippen molar-refractivity contribution in [2.75, 3.05) is 19.7 Å². The van der Waals surface area contributed by atoms with Gasteiger partial charge in [-0.05, 0) is 79.0 Å². The Balaban J connectivity index is 1.39. The quantitative estimate of drug-likeness (QED) is 0.0831. The smallest absolute Gasteiger partial charge is 0.371 e. The highest BCUT2D eigenvalue weighted by Gasteiger charge is 2.36. The molecule has 0 saturated heterocycles. The van der Waals surface area contributed by atoms with Crippen molar-refractivity contribution >= 4 is 39.8 Å². The molecule has 4 nitrogen and oxygen atoms in total. The summed E-state index contributed by atoms with van der Waals surface area (Å²) in [6.45, 7) is 0.360. The molecule has 4 aromatic rings. The van der Waals surface area contributed by atoms with Crippen molar-refractivity contribution in [2.24, 2.45) is 0 Å². The Kier molecular flexibility index (Phi) is 10.2. The highest BCUT2D eigenvalue weighted by atomic mass is 35.5. The maximum absolute atomic E-state index is 13.2. The minimum atomic E-state index is -4.96. The number of ether oxygens (including phenoxy) is 1. The third kappa shape index (κ3) is 8.28. The fourth-order valence-corrected chi connectivity index (χ4v) is 4.99. The lowest BCUT2D eigenvalue weighted by Gasteiger charge is -2.20. The zero-order valence-corrected chi connectivity index (χ0v) is 23.6. The van der Waals surface area contributed by atoms with Gasteiger partial charge in [0.2, 0.25) is 0 Å². The van der Waals surface area contributed by atoms with Crippen LogP contribution in [0.15, 0.2) is 66.9 Å². The van der Waals surface area contributed by atoms with Crippen LogP contribution in [-0.2, 0) is 30.1 Å². The molecule has 0 radical (unpaired) electrons. The summed E-state index contributed by atoms with van der Waals surface area (Å²) in [6.07, 6.45) is -6.69. The molecule has 0 amide bonds. The number of alkyl halides is 6. The molecule has 1 heterocycles. The van der Waals surface area contributed by atoms with E-state index in [0.717, 1.165) is 17.3 Å². The van der Waals surface area contributed by atoms with E-state index in [-0.39, 0.29) is 23.9 Å². The SMILES string of the molecule is N=C(COCc1cc(C(F)(F)F)cc(C(F)(F)F)c1)C(CCNCCc1c[nH]c2ccccc12)c1ccc(Cl)c(Cl)c1. The standard InChI is InChI=1S/C30H27Cl2F6N3O/c31-25-6-5-19(13-26(25)32)23(8-10-40-9-7-20-15-41-28-4-2-1-3-24(20)28)27(39)17-42-16-18-11-21(29(33,34)35)14-22(12-18)30(36,37)38/h1-6,11-15,23,39-41H,7-10,16-17H2. The predicted octanol–water partition coefficient (Wildman–Crippen LogP) is 9.05. The molecule has 0 spiro atoms. The van der Waals surface area contributed by atoms with Crippen LogP contribution < -0.4 is 5.32 Å². The highest BCUT2D eigenvalue weighted by molar-refractivity contribution is 6.42. The summed E-state index contributed by atoms with van der Waals surface area (Å²) in [5, 5.41) is 13.8. The molecule has 0 aliphatic carbocycles. The molecule has 12 heteroatoms. The average molecular weight is 630 g/mol. The highest BCUT2D eigenvalue weighted by Crippen LogP contribution is 2.36. The Morgan fingerprint density at radius 2 is 1.57 bits per heavy atom. The van der Waals surface area contributed by atoms with Crippen LogP contribution in [-0.4, -0.2) is 30.4 Å². The van der Waals surface area contributed by atoms with E-state index in [1.807, 2.05) is 30.5 Å². The molecule has 3 aromatic carbocycles. The molecule has 0 aliphatic rings. The topological polar surface area (TPSA) is 60.9 Å². The third-order valence-corrected chi connectivity index (χ3v) is 7.54. The number of hydrogen-bond donors (Lipinski definition) is 3. The van der Waals surface area contributed by atoms with Crippen molar-refractivity contribution in [3.05, 3.63) is 105 Å². The van der Waals surface area contributed by atoms with E-state index in [2.05, 4.69) is 10.3 Å². The number of rotatable bonds is 12. The molecular weight excluding hydrogens is 603 g/mol. The molecule has 42 heavy (non-hydrogen) atoms. The predicted molar refractivity (Wildman–Crippen MR) is 153 cm³/mol. The summed E-state index contributed by atoms with van der Waals surface area (Å²) in [6, 6.07) is 14.3. The van der Waals surface area contributed by atoms with Crippen LogP contribution in [0.4, 0.5) is 26.3 Å². The van der Waals surface area contributed by atoms with Crippen molar-refractivity contribution in [3.8, 4) is 0 Å². The molecule has 0 fully saturated rings. The minimum absolute atomic E-state index is 0.0668. The Morgan fingerprint density at radius 1 is 0.881 bits per heavy atom. The van der Waals surface area contributed by atoms with Gasteiger partial charge in [-0.25, -0.2) is 0 Å². The average Bonchev–Trinajstić information content (AvgIpc) is 3.34. The Morgan fingerprint density at radius 3 is 2.24 bits per heavy atom. The van der Waals surface area contributed by atoms with E-state index in [9.17, 15) is 26.3 Å². The van der Waals surface area contributed by atoms with E-state index in [0.29, 0.717) is 47.3 Å². The maximum atomic E-state index is 13.2. The van der Waals surface area contributed by atoms with Gasteiger partial charge in [-0.1, -0.05) is 47.5 Å². The van der Waals surface area contributed by atoms with Crippen molar-refractivity contribution in [3.63, 3.8) is 0 Å². The number of nitrogens with one attached hydrogen (secondary N) is 3. The molecule has 224 valence electrons. The van der Waals surface area contributed by atoms with Gasteiger partial charge in [-0.3, -0.25) is 0 Å². The van der Waals surface area contributed by atoms with Crippen molar-refractivity contribution in [1.29, 1.82) is 5.41 Å².